The fraction of sp³-hybridized carbons (Fsp3) is 0.294. The lowest BCUT2D eigenvalue weighted by molar-refractivity contribution is -0.114. The molecule has 1 aromatic heterocycles. The lowest BCUT2D eigenvalue weighted by Crippen LogP contribution is -2.17. The minimum Gasteiger partial charge on any atom is -0.494 e. The number of rotatable bonds is 4. The Kier molecular flexibility index (Phi) is 4.09. The van der Waals surface area contributed by atoms with Crippen molar-refractivity contribution in [3.05, 3.63) is 34.9 Å². The van der Waals surface area contributed by atoms with Crippen molar-refractivity contribution in [2.75, 3.05) is 11.9 Å². The van der Waals surface area contributed by atoms with Gasteiger partial charge in [-0.25, -0.2) is 0 Å². The number of thiophene rings is 1. The molecular formula is C17H18N2O3S. The van der Waals surface area contributed by atoms with Crippen molar-refractivity contribution in [3.8, 4) is 16.2 Å². The molecule has 3 rings (SSSR count). The van der Waals surface area contributed by atoms with Crippen molar-refractivity contribution in [2.24, 2.45) is 5.73 Å². The highest BCUT2D eigenvalue weighted by atomic mass is 32.1. The number of amides is 2. The van der Waals surface area contributed by atoms with E-state index < -0.39 is 5.91 Å². The number of hydrogen-bond donors (Lipinski definition) is 2. The van der Waals surface area contributed by atoms with Gasteiger partial charge in [-0.2, -0.15) is 0 Å². The van der Waals surface area contributed by atoms with Crippen LogP contribution in [0, 0.1) is 0 Å². The van der Waals surface area contributed by atoms with Gasteiger partial charge in [-0.1, -0.05) is 12.1 Å². The first-order valence-electron chi connectivity index (χ1n) is 7.51. The first-order valence-corrected chi connectivity index (χ1v) is 8.32. The van der Waals surface area contributed by atoms with Crippen LogP contribution in [0.5, 0.6) is 5.75 Å². The summed E-state index contributed by atoms with van der Waals surface area (Å²) in [5, 5.41) is 3.26. The third-order valence-electron chi connectivity index (χ3n) is 3.85. The Labute approximate surface area is 138 Å². The second kappa shape index (κ2) is 6.04. The first kappa shape index (κ1) is 15.6. The van der Waals surface area contributed by atoms with Gasteiger partial charge in [0.05, 0.1) is 12.2 Å². The largest absolute Gasteiger partial charge is 0.494 e. The second-order valence-electron chi connectivity index (χ2n) is 5.37. The highest BCUT2D eigenvalue weighted by molar-refractivity contribution is 7.20. The van der Waals surface area contributed by atoms with Gasteiger partial charge in [0.25, 0.3) is 5.91 Å². The van der Waals surface area contributed by atoms with Crippen molar-refractivity contribution in [1.29, 1.82) is 0 Å². The molecule has 23 heavy (non-hydrogen) atoms. The van der Waals surface area contributed by atoms with Gasteiger partial charge in [0.1, 0.15) is 10.8 Å². The highest BCUT2D eigenvalue weighted by Crippen LogP contribution is 2.46. The topological polar surface area (TPSA) is 81.4 Å². The van der Waals surface area contributed by atoms with Crippen LogP contribution in [-0.4, -0.2) is 18.4 Å². The molecule has 0 atom stereocenters. The second-order valence-corrected chi connectivity index (χ2v) is 6.40. The zero-order valence-corrected chi connectivity index (χ0v) is 13.9. The zero-order valence-electron chi connectivity index (χ0n) is 13.1. The molecule has 3 N–H and O–H groups in total. The molecule has 5 nitrogen and oxygen atoms in total. The van der Waals surface area contributed by atoms with Crippen LogP contribution in [0.25, 0.3) is 10.4 Å². The van der Waals surface area contributed by atoms with Crippen LogP contribution in [0.1, 0.15) is 35.3 Å². The van der Waals surface area contributed by atoms with Gasteiger partial charge in [-0.05, 0) is 37.0 Å². The van der Waals surface area contributed by atoms with Crippen LogP contribution in [0.3, 0.4) is 0 Å². The smallest absolute Gasteiger partial charge is 0.252 e. The average molecular weight is 330 g/mol. The fourth-order valence-electron chi connectivity index (χ4n) is 3.01. The van der Waals surface area contributed by atoms with Crippen molar-refractivity contribution >= 4 is 28.2 Å². The zero-order chi connectivity index (χ0) is 16.6. The summed E-state index contributed by atoms with van der Waals surface area (Å²) in [5.41, 5.74) is 9.11. The fourth-order valence-corrected chi connectivity index (χ4v) is 4.36. The molecule has 1 aliphatic rings. The Bertz CT molecular complexity index is 795. The number of carbonyl (C=O) groups is 2. The molecular weight excluding hydrogens is 312 g/mol. The standard InChI is InChI=1S/C17H18N2O3S/c1-3-22-13-6-4-5-11-10(13)7-8-12-14(16(18)21)17(19-9(2)20)23-15(11)12/h4-6H,3,7-8H2,1-2H3,(H2,18,21)(H,19,20). The van der Waals surface area contributed by atoms with Crippen LogP contribution in [-0.2, 0) is 17.6 Å². The van der Waals surface area contributed by atoms with E-state index in [1.807, 2.05) is 25.1 Å². The van der Waals surface area contributed by atoms with Crippen LogP contribution in [0.4, 0.5) is 5.00 Å². The molecule has 0 saturated carbocycles. The molecule has 1 aliphatic carbocycles. The SMILES string of the molecule is CCOc1cccc2c1CCc1c-2sc(NC(C)=O)c1C(N)=O. The molecule has 2 amide bonds. The number of hydrogen-bond acceptors (Lipinski definition) is 4. The van der Waals surface area contributed by atoms with Gasteiger partial charge in [0, 0.05) is 17.4 Å². The van der Waals surface area contributed by atoms with Crippen LogP contribution < -0.4 is 15.8 Å². The number of fused-ring (bicyclic) bond motifs is 3. The Morgan fingerprint density at radius 3 is 2.70 bits per heavy atom. The summed E-state index contributed by atoms with van der Waals surface area (Å²) in [7, 11) is 0. The molecule has 0 aliphatic heterocycles. The molecule has 0 unspecified atom stereocenters. The van der Waals surface area contributed by atoms with Gasteiger partial charge < -0.3 is 15.8 Å². The predicted octanol–water partition coefficient (Wildman–Crippen LogP) is 2.97. The maximum absolute atomic E-state index is 11.9. The van der Waals surface area contributed by atoms with Gasteiger partial charge in [-0.15, -0.1) is 11.3 Å². The van der Waals surface area contributed by atoms with E-state index in [4.69, 9.17) is 10.5 Å². The van der Waals surface area contributed by atoms with Crippen LogP contribution in [0.15, 0.2) is 18.2 Å². The highest BCUT2D eigenvalue weighted by Gasteiger charge is 2.28. The summed E-state index contributed by atoms with van der Waals surface area (Å²) < 4.78 is 5.71. The molecule has 0 saturated heterocycles. The lowest BCUT2D eigenvalue weighted by atomic mass is 9.88. The minimum atomic E-state index is -0.504. The Hall–Kier alpha value is -2.34. The summed E-state index contributed by atoms with van der Waals surface area (Å²) in [6.45, 7) is 3.99. The van der Waals surface area contributed by atoms with E-state index in [2.05, 4.69) is 5.32 Å². The number of benzene rings is 1. The lowest BCUT2D eigenvalue weighted by Gasteiger charge is -2.20. The summed E-state index contributed by atoms with van der Waals surface area (Å²) in [6.07, 6.45) is 1.50. The van der Waals surface area contributed by atoms with Crippen molar-refractivity contribution in [1.82, 2.24) is 0 Å². The number of ether oxygens (including phenoxy) is 1. The van der Waals surface area contributed by atoms with Gasteiger partial charge in [0.15, 0.2) is 0 Å². The van der Waals surface area contributed by atoms with E-state index in [1.165, 1.54) is 18.3 Å². The Balaban J connectivity index is 2.18. The summed E-state index contributed by atoms with van der Waals surface area (Å²) in [4.78, 5) is 24.3. The Morgan fingerprint density at radius 2 is 2.04 bits per heavy atom. The number of nitrogens with two attached hydrogens (primary N) is 1. The van der Waals surface area contributed by atoms with Crippen LogP contribution in [0.2, 0.25) is 0 Å². The maximum Gasteiger partial charge on any atom is 0.252 e. The average Bonchev–Trinajstić information content (AvgIpc) is 2.85. The maximum atomic E-state index is 11.9. The van der Waals surface area contributed by atoms with E-state index in [0.29, 0.717) is 23.6 Å². The van der Waals surface area contributed by atoms with E-state index in [1.54, 1.807) is 0 Å². The predicted molar refractivity (Wildman–Crippen MR) is 91.2 cm³/mol. The van der Waals surface area contributed by atoms with Gasteiger partial charge in [-0.3, -0.25) is 9.59 Å². The van der Waals surface area contributed by atoms with E-state index in [-0.39, 0.29) is 5.91 Å². The monoisotopic (exact) mass is 330 g/mol. The molecule has 1 aromatic carbocycles. The molecule has 1 heterocycles. The molecule has 2 aromatic rings. The Morgan fingerprint density at radius 1 is 1.30 bits per heavy atom. The molecule has 0 spiro atoms. The van der Waals surface area contributed by atoms with Gasteiger partial charge >= 0.3 is 0 Å². The molecule has 6 heteroatoms. The minimum absolute atomic E-state index is 0.214. The number of anilines is 1. The van der Waals surface area contributed by atoms with Gasteiger partial charge in [0.2, 0.25) is 5.91 Å². The summed E-state index contributed by atoms with van der Waals surface area (Å²) >= 11 is 1.40. The van der Waals surface area contributed by atoms with E-state index in [0.717, 1.165) is 33.7 Å². The number of carbonyl (C=O) groups excluding carboxylic acids is 2. The normalized spacial score (nSPS) is 12.3. The van der Waals surface area contributed by atoms with Crippen molar-refractivity contribution in [2.45, 2.75) is 26.7 Å². The first-order chi connectivity index (χ1) is 11.0. The number of nitrogens with one attached hydrogen (secondary N) is 1. The molecule has 0 fully saturated rings. The quantitative estimate of drug-likeness (QED) is 0.904. The van der Waals surface area contributed by atoms with Crippen LogP contribution >= 0.6 is 11.3 Å². The number of primary amides is 1. The summed E-state index contributed by atoms with van der Waals surface area (Å²) in [6, 6.07) is 5.93. The third-order valence-corrected chi connectivity index (χ3v) is 5.03. The molecule has 0 bridgehead atoms. The summed E-state index contributed by atoms with van der Waals surface area (Å²) in [5.74, 6) is 0.163. The molecule has 120 valence electrons. The van der Waals surface area contributed by atoms with Crippen molar-refractivity contribution < 1.29 is 14.3 Å². The molecule has 0 radical (unpaired) electrons. The van der Waals surface area contributed by atoms with Crippen molar-refractivity contribution in [3.63, 3.8) is 0 Å². The third kappa shape index (κ3) is 2.70. The van der Waals surface area contributed by atoms with E-state index in [9.17, 15) is 9.59 Å². The van der Waals surface area contributed by atoms with E-state index >= 15 is 0 Å².